The van der Waals surface area contributed by atoms with Gasteiger partial charge >= 0.3 is 0 Å². The van der Waals surface area contributed by atoms with E-state index in [0.717, 1.165) is 30.6 Å². The highest BCUT2D eigenvalue weighted by Crippen LogP contribution is 2.48. The highest BCUT2D eigenvalue weighted by atomic mass is 16.3. The van der Waals surface area contributed by atoms with E-state index in [1.165, 1.54) is 32.1 Å². The largest absolute Gasteiger partial charge is 0.390 e. The summed E-state index contributed by atoms with van der Waals surface area (Å²) in [4.78, 5) is 0. The molecule has 2 aliphatic carbocycles. The summed E-state index contributed by atoms with van der Waals surface area (Å²) in [7, 11) is 0. The molecular weight excluding hydrogens is 196 g/mol. The zero-order valence-corrected chi connectivity index (χ0v) is 11.2. The van der Waals surface area contributed by atoms with E-state index < -0.39 is 0 Å². The number of hydrogen-bond acceptors (Lipinski definition) is 1. The van der Waals surface area contributed by atoms with Crippen molar-refractivity contribution in [2.24, 2.45) is 23.7 Å². The van der Waals surface area contributed by atoms with Crippen LogP contribution in [0.25, 0.3) is 0 Å². The molecule has 0 bridgehead atoms. The van der Waals surface area contributed by atoms with Crippen LogP contribution in [0.5, 0.6) is 0 Å². The molecular formula is C15H28O. The Balaban J connectivity index is 2.00. The predicted molar refractivity (Wildman–Crippen MR) is 68.3 cm³/mol. The van der Waals surface area contributed by atoms with Crippen LogP contribution in [0, 0.1) is 23.7 Å². The van der Waals surface area contributed by atoms with Crippen molar-refractivity contribution < 1.29 is 5.11 Å². The minimum Gasteiger partial charge on any atom is -0.390 e. The Hall–Kier alpha value is -0.0400. The highest BCUT2D eigenvalue weighted by molar-refractivity contribution is 4.96. The molecule has 2 aliphatic rings. The quantitative estimate of drug-likeness (QED) is 0.751. The van der Waals surface area contributed by atoms with Gasteiger partial charge in [0.15, 0.2) is 0 Å². The topological polar surface area (TPSA) is 20.2 Å². The van der Waals surface area contributed by atoms with Gasteiger partial charge in [0.25, 0.3) is 0 Å². The van der Waals surface area contributed by atoms with E-state index in [-0.39, 0.29) is 5.60 Å². The second kappa shape index (κ2) is 4.68. The molecule has 0 saturated heterocycles. The van der Waals surface area contributed by atoms with Crippen molar-refractivity contribution in [2.45, 2.75) is 71.3 Å². The van der Waals surface area contributed by atoms with Gasteiger partial charge in [-0.25, -0.2) is 0 Å². The van der Waals surface area contributed by atoms with Gasteiger partial charge in [0, 0.05) is 0 Å². The molecule has 4 unspecified atom stereocenters. The summed E-state index contributed by atoms with van der Waals surface area (Å²) < 4.78 is 0. The van der Waals surface area contributed by atoms with Crippen LogP contribution < -0.4 is 0 Å². The van der Waals surface area contributed by atoms with Crippen LogP contribution in [0.2, 0.25) is 0 Å². The zero-order chi connectivity index (χ0) is 11.8. The van der Waals surface area contributed by atoms with Gasteiger partial charge in [0.2, 0.25) is 0 Å². The fourth-order valence-corrected chi connectivity index (χ4v) is 4.26. The van der Waals surface area contributed by atoms with Crippen LogP contribution in [0.4, 0.5) is 0 Å². The molecule has 0 radical (unpaired) electrons. The van der Waals surface area contributed by atoms with Gasteiger partial charge in [0.1, 0.15) is 0 Å². The third-order valence-corrected chi connectivity index (χ3v) is 5.14. The Morgan fingerprint density at radius 1 is 1.12 bits per heavy atom. The fourth-order valence-electron chi connectivity index (χ4n) is 4.26. The van der Waals surface area contributed by atoms with Crippen molar-refractivity contribution in [3.05, 3.63) is 0 Å². The van der Waals surface area contributed by atoms with Crippen molar-refractivity contribution >= 4 is 0 Å². The summed E-state index contributed by atoms with van der Waals surface area (Å²) in [6.45, 7) is 6.99. The van der Waals surface area contributed by atoms with Crippen molar-refractivity contribution in [1.29, 1.82) is 0 Å². The standard InChI is InChI=1S/C15H28O/c1-4-13-5-6-15(16,10-13)14-8-11(2)7-12(3)9-14/h11-14,16H,4-10H2,1-3H3. The Labute approximate surface area is 101 Å². The van der Waals surface area contributed by atoms with Gasteiger partial charge in [-0.05, 0) is 62.2 Å². The molecule has 0 aromatic heterocycles. The molecule has 1 nitrogen and oxygen atoms in total. The summed E-state index contributed by atoms with van der Waals surface area (Å²) in [5.41, 5.74) is -0.302. The van der Waals surface area contributed by atoms with Crippen LogP contribution >= 0.6 is 0 Å². The van der Waals surface area contributed by atoms with E-state index in [9.17, 15) is 5.11 Å². The molecule has 0 heterocycles. The van der Waals surface area contributed by atoms with Gasteiger partial charge in [-0.15, -0.1) is 0 Å². The van der Waals surface area contributed by atoms with Gasteiger partial charge < -0.3 is 5.11 Å². The molecule has 1 N–H and O–H groups in total. The molecule has 0 aromatic carbocycles. The first-order chi connectivity index (χ1) is 7.53. The predicted octanol–water partition coefficient (Wildman–Crippen LogP) is 4.00. The lowest BCUT2D eigenvalue weighted by atomic mass is 9.69. The minimum atomic E-state index is -0.302. The third kappa shape index (κ3) is 2.45. The lowest BCUT2D eigenvalue weighted by molar-refractivity contribution is -0.0459. The maximum Gasteiger partial charge on any atom is 0.0678 e. The normalized spacial score (nSPS) is 49.5. The van der Waals surface area contributed by atoms with Gasteiger partial charge in [-0.3, -0.25) is 0 Å². The van der Waals surface area contributed by atoms with Crippen LogP contribution in [0.3, 0.4) is 0 Å². The van der Waals surface area contributed by atoms with Crippen molar-refractivity contribution in [2.75, 3.05) is 0 Å². The Morgan fingerprint density at radius 2 is 1.75 bits per heavy atom. The molecule has 0 spiro atoms. The van der Waals surface area contributed by atoms with Crippen LogP contribution in [0.15, 0.2) is 0 Å². The second-order valence-corrected chi connectivity index (χ2v) is 6.74. The highest BCUT2D eigenvalue weighted by Gasteiger charge is 2.44. The monoisotopic (exact) mass is 224 g/mol. The SMILES string of the molecule is CCC1CCC(O)(C2CC(C)CC(C)C2)C1. The lowest BCUT2D eigenvalue weighted by Gasteiger charge is -2.40. The van der Waals surface area contributed by atoms with Crippen LogP contribution in [-0.2, 0) is 0 Å². The molecule has 2 fully saturated rings. The minimum absolute atomic E-state index is 0.302. The first-order valence-electron chi connectivity index (χ1n) is 7.26. The number of aliphatic hydroxyl groups is 1. The van der Waals surface area contributed by atoms with E-state index >= 15 is 0 Å². The summed E-state index contributed by atoms with van der Waals surface area (Å²) in [6, 6.07) is 0. The van der Waals surface area contributed by atoms with Crippen molar-refractivity contribution in [3.8, 4) is 0 Å². The van der Waals surface area contributed by atoms with Gasteiger partial charge in [-0.2, -0.15) is 0 Å². The molecule has 0 aliphatic heterocycles. The van der Waals surface area contributed by atoms with Crippen molar-refractivity contribution in [1.82, 2.24) is 0 Å². The lowest BCUT2D eigenvalue weighted by Crippen LogP contribution is -2.39. The molecule has 1 heteroatoms. The van der Waals surface area contributed by atoms with Crippen LogP contribution in [0.1, 0.15) is 65.7 Å². The maximum absolute atomic E-state index is 10.9. The smallest absolute Gasteiger partial charge is 0.0678 e. The molecule has 2 rings (SSSR count). The maximum atomic E-state index is 10.9. The summed E-state index contributed by atoms with van der Waals surface area (Å²) in [6.07, 6.45) is 8.54. The molecule has 0 amide bonds. The summed E-state index contributed by atoms with van der Waals surface area (Å²) >= 11 is 0. The first-order valence-corrected chi connectivity index (χ1v) is 7.26. The number of hydrogen-bond donors (Lipinski definition) is 1. The Kier molecular flexibility index (Phi) is 3.63. The first kappa shape index (κ1) is 12.4. The van der Waals surface area contributed by atoms with E-state index in [0.29, 0.717) is 5.92 Å². The van der Waals surface area contributed by atoms with E-state index in [2.05, 4.69) is 20.8 Å². The van der Waals surface area contributed by atoms with Crippen molar-refractivity contribution in [3.63, 3.8) is 0 Å². The summed E-state index contributed by atoms with van der Waals surface area (Å²) in [5.74, 6) is 3.01. The summed E-state index contributed by atoms with van der Waals surface area (Å²) in [5, 5.41) is 10.9. The van der Waals surface area contributed by atoms with Gasteiger partial charge in [0.05, 0.1) is 5.60 Å². The molecule has 16 heavy (non-hydrogen) atoms. The zero-order valence-electron chi connectivity index (χ0n) is 11.2. The molecule has 2 saturated carbocycles. The number of rotatable bonds is 2. The fraction of sp³-hybridized carbons (Fsp3) is 1.00. The molecule has 0 aromatic rings. The Morgan fingerprint density at radius 3 is 2.25 bits per heavy atom. The molecule has 4 atom stereocenters. The second-order valence-electron chi connectivity index (χ2n) is 6.74. The van der Waals surface area contributed by atoms with Crippen LogP contribution in [-0.4, -0.2) is 10.7 Å². The average molecular weight is 224 g/mol. The van der Waals surface area contributed by atoms with E-state index in [1.807, 2.05) is 0 Å². The van der Waals surface area contributed by atoms with E-state index in [4.69, 9.17) is 0 Å². The van der Waals surface area contributed by atoms with Gasteiger partial charge in [-0.1, -0.05) is 27.2 Å². The van der Waals surface area contributed by atoms with E-state index in [1.54, 1.807) is 0 Å². The third-order valence-electron chi connectivity index (χ3n) is 5.14. The molecule has 94 valence electrons. The Bertz CT molecular complexity index is 228. The average Bonchev–Trinajstić information content (AvgIpc) is 2.60.